The quantitative estimate of drug-likeness (QED) is 0.691. The minimum Gasteiger partial charge on any atom is -0.207 e. The van der Waals surface area contributed by atoms with Crippen molar-refractivity contribution < 1.29 is 4.39 Å². The fraction of sp³-hybridized carbons (Fsp3) is 0.0714. The standard InChI is InChI=1S/C14H12F/c1-11-6-8-12(9-7-11)10-13-4-2-3-5-14(13)15/h2-10H,1H3. The predicted octanol–water partition coefficient (Wildman–Crippen LogP) is 3.73. The van der Waals surface area contributed by atoms with E-state index < -0.39 is 0 Å². The Morgan fingerprint density at radius 2 is 1.60 bits per heavy atom. The van der Waals surface area contributed by atoms with Crippen LogP contribution < -0.4 is 0 Å². The predicted molar refractivity (Wildman–Crippen MR) is 60.1 cm³/mol. The molecule has 0 fully saturated rings. The lowest BCUT2D eigenvalue weighted by atomic mass is 10.0. The number of hydrogen-bond donors (Lipinski definition) is 0. The molecule has 0 heterocycles. The Hall–Kier alpha value is -1.63. The van der Waals surface area contributed by atoms with Gasteiger partial charge in [-0.1, -0.05) is 48.0 Å². The summed E-state index contributed by atoms with van der Waals surface area (Å²) < 4.78 is 13.3. The third-order valence-electron chi connectivity index (χ3n) is 2.30. The molecule has 0 aromatic heterocycles. The summed E-state index contributed by atoms with van der Waals surface area (Å²) in [4.78, 5) is 0. The van der Waals surface area contributed by atoms with Crippen LogP contribution in [0.4, 0.5) is 4.39 Å². The Balaban J connectivity index is 2.22. The zero-order valence-corrected chi connectivity index (χ0v) is 8.57. The van der Waals surface area contributed by atoms with Crippen LogP contribution in [-0.2, 0) is 0 Å². The summed E-state index contributed by atoms with van der Waals surface area (Å²) in [7, 11) is 0. The van der Waals surface area contributed by atoms with Crippen molar-refractivity contribution in [2.24, 2.45) is 0 Å². The molecule has 75 valence electrons. The lowest BCUT2D eigenvalue weighted by molar-refractivity contribution is 0.621. The molecule has 0 saturated heterocycles. The second-order valence-electron chi connectivity index (χ2n) is 3.58. The van der Waals surface area contributed by atoms with Gasteiger partial charge >= 0.3 is 0 Å². The molecule has 1 heteroatoms. The van der Waals surface area contributed by atoms with Crippen LogP contribution in [0.2, 0.25) is 0 Å². The molecule has 0 aliphatic rings. The minimum absolute atomic E-state index is 0.182. The number of rotatable bonds is 2. The molecule has 15 heavy (non-hydrogen) atoms. The second kappa shape index (κ2) is 4.26. The first-order valence-electron chi connectivity index (χ1n) is 4.92. The molecule has 0 aliphatic heterocycles. The molecule has 0 bridgehead atoms. The second-order valence-corrected chi connectivity index (χ2v) is 3.58. The Morgan fingerprint density at radius 3 is 2.27 bits per heavy atom. The molecule has 0 nitrogen and oxygen atoms in total. The Kier molecular flexibility index (Phi) is 2.82. The maximum atomic E-state index is 13.3. The van der Waals surface area contributed by atoms with E-state index >= 15 is 0 Å². The van der Waals surface area contributed by atoms with E-state index in [0.29, 0.717) is 5.56 Å². The largest absolute Gasteiger partial charge is 0.207 e. The molecule has 0 N–H and O–H groups in total. The lowest BCUT2D eigenvalue weighted by Crippen LogP contribution is -1.89. The normalized spacial score (nSPS) is 10.3. The van der Waals surface area contributed by atoms with Gasteiger partial charge in [-0.3, -0.25) is 0 Å². The topological polar surface area (TPSA) is 0 Å². The lowest BCUT2D eigenvalue weighted by Gasteiger charge is -2.03. The van der Waals surface area contributed by atoms with Crippen molar-refractivity contribution in [3.8, 4) is 0 Å². The van der Waals surface area contributed by atoms with E-state index in [2.05, 4.69) is 0 Å². The summed E-state index contributed by atoms with van der Waals surface area (Å²) in [5, 5.41) is 0. The van der Waals surface area contributed by atoms with Crippen molar-refractivity contribution in [3.05, 3.63) is 77.5 Å². The average molecular weight is 199 g/mol. The van der Waals surface area contributed by atoms with Crippen molar-refractivity contribution in [2.75, 3.05) is 0 Å². The molecule has 0 saturated carbocycles. The summed E-state index contributed by atoms with van der Waals surface area (Å²) in [6.45, 7) is 2.03. The molecule has 1 radical (unpaired) electrons. The highest BCUT2D eigenvalue weighted by Crippen LogP contribution is 2.15. The highest BCUT2D eigenvalue weighted by atomic mass is 19.1. The first-order chi connectivity index (χ1) is 7.25. The van der Waals surface area contributed by atoms with Crippen LogP contribution >= 0.6 is 0 Å². The maximum Gasteiger partial charge on any atom is 0.127 e. The van der Waals surface area contributed by atoms with Gasteiger partial charge in [0.1, 0.15) is 5.82 Å². The summed E-state index contributed by atoms with van der Waals surface area (Å²) in [6.07, 6.45) is 1.84. The molecule has 0 amide bonds. The molecule has 2 rings (SSSR count). The summed E-state index contributed by atoms with van der Waals surface area (Å²) in [6, 6.07) is 14.8. The average Bonchev–Trinajstić information content (AvgIpc) is 2.25. The van der Waals surface area contributed by atoms with Crippen LogP contribution in [-0.4, -0.2) is 0 Å². The van der Waals surface area contributed by atoms with Gasteiger partial charge in [-0.05, 0) is 24.1 Å². The third-order valence-corrected chi connectivity index (χ3v) is 2.30. The minimum atomic E-state index is -0.182. The summed E-state index contributed by atoms with van der Waals surface area (Å²) in [5.41, 5.74) is 2.85. The van der Waals surface area contributed by atoms with Gasteiger partial charge < -0.3 is 0 Å². The van der Waals surface area contributed by atoms with Gasteiger partial charge in [0.05, 0.1) is 0 Å². The fourth-order valence-electron chi connectivity index (χ4n) is 1.43. The van der Waals surface area contributed by atoms with Crippen molar-refractivity contribution in [1.29, 1.82) is 0 Å². The van der Waals surface area contributed by atoms with Crippen LogP contribution in [0.5, 0.6) is 0 Å². The Labute approximate surface area is 89.4 Å². The van der Waals surface area contributed by atoms with Gasteiger partial charge in [-0.25, -0.2) is 4.39 Å². The van der Waals surface area contributed by atoms with Gasteiger partial charge in [-0.15, -0.1) is 0 Å². The van der Waals surface area contributed by atoms with E-state index in [1.54, 1.807) is 12.1 Å². The number of benzene rings is 2. The van der Waals surface area contributed by atoms with Gasteiger partial charge in [0.25, 0.3) is 0 Å². The maximum absolute atomic E-state index is 13.3. The van der Waals surface area contributed by atoms with Crippen LogP contribution in [0, 0.1) is 19.2 Å². The van der Waals surface area contributed by atoms with Crippen LogP contribution in [0.1, 0.15) is 16.7 Å². The van der Waals surface area contributed by atoms with Crippen molar-refractivity contribution in [3.63, 3.8) is 0 Å². The smallest absolute Gasteiger partial charge is 0.127 e. The number of hydrogen-bond acceptors (Lipinski definition) is 0. The zero-order valence-electron chi connectivity index (χ0n) is 8.57. The first kappa shape index (κ1) is 9.91. The number of aryl methyl sites for hydroxylation is 1. The fourth-order valence-corrected chi connectivity index (χ4v) is 1.43. The number of halogens is 1. The highest BCUT2D eigenvalue weighted by Gasteiger charge is 2.01. The SMILES string of the molecule is Cc1ccc([CH]c2ccccc2F)cc1. The highest BCUT2D eigenvalue weighted by molar-refractivity contribution is 5.38. The van der Waals surface area contributed by atoms with E-state index in [9.17, 15) is 4.39 Å². The molecule has 2 aromatic carbocycles. The molecular weight excluding hydrogens is 187 g/mol. The molecule has 0 aliphatic carbocycles. The molecular formula is C14H12F. The van der Waals surface area contributed by atoms with Gasteiger partial charge in [0.2, 0.25) is 0 Å². The Morgan fingerprint density at radius 1 is 0.933 bits per heavy atom. The molecule has 0 spiro atoms. The summed E-state index contributed by atoms with van der Waals surface area (Å²) in [5.74, 6) is -0.182. The monoisotopic (exact) mass is 199 g/mol. The summed E-state index contributed by atoms with van der Waals surface area (Å²) >= 11 is 0. The van der Waals surface area contributed by atoms with Gasteiger partial charge in [0.15, 0.2) is 0 Å². The molecule has 0 unspecified atom stereocenters. The van der Waals surface area contributed by atoms with Crippen molar-refractivity contribution >= 4 is 0 Å². The third kappa shape index (κ3) is 2.44. The van der Waals surface area contributed by atoms with E-state index in [1.807, 2.05) is 43.7 Å². The van der Waals surface area contributed by atoms with Gasteiger partial charge in [-0.2, -0.15) is 0 Å². The van der Waals surface area contributed by atoms with Crippen molar-refractivity contribution in [1.82, 2.24) is 0 Å². The van der Waals surface area contributed by atoms with E-state index in [1.165, 1.54) is 11.6 Å². The Bertz CT molecular complexity index is 443. The van der Waals surface area contributed by atoms with E-state index in [-0.39, 0.29) is 5.82 Å². The first-order valence-corrected chi connectivity index (χ1v) is 4.92. The van der Waals surface area contributed by atoms with Crippen LogP contribution in [0.3, 0.4) is 0 Å². The zero-order chi connectivity index (χ0) is 10.7. The van der Waals surface area contributed by atoms with Gasteiger partial charge in [0, 0.05) is 6.42 Å². The molecule has 0 atom stereocenters. The van der Waals surface area contributed by atoms with E-state index in [0.717, 1.165) is 5.56 Å². The molecule has 2 aromatic rings. The van der Waals surface area contributed by atoms with Crippen LogP contribution in [0.15, 0.2) is 48.5 Å². The van der Waals surface area contributed by atoms with Crippen molar-refractivity contribution in [2.45, 2.75) is 6.92 Å². The van der Waals surface area contributed by atoms with E-state index in [4.69, 9.17) is 0 Å². The van der Waals surface area contributed by atoms with Crippen LogP contribution in [0.25, 0.3) is 0 Å².